The van der Waals surface area contributed by atoms with Crippen LogP contribution in [0.3, 0.4) is 0 Å². The van der Waals surface area contributed by atoms with Gasteiger partial charge in [0.05, 0.1) is 24.5 Å². The molecule has 6 heteroatoms. The fourth-order valence-electron chi connectivity index (χ4n) is 2.30. The number of hydrogen-bond donors (Lipinski definition) is 0. The Morgan fingerprint density at radius 3 is 2.85 bits per heavy atom. The molecule has 0 spiro atoms. The van der Waals surface area contributed by atoms with E-state index in [2.05, 4.69) is 15.1 Å². The lowest BCUT2D eigenvalue weighted by atomic mass is 10.0. The van der Waals surface area contributed by atoms with Crippen molar-refractivity contribution in [3.63, 3.8) is 0 Å². The van der Waals surface area contributed by atoms with Crippen LogP contribution in [0.1, 0.15) is 13.3 Å². The average molecular weight is 269 g/mol. The molecule has 1 aliphatic heterocycles. The van der Waals surface area contributed by atoms with Gasteiger partial charge in [-0.05, 0) is 18.6 Å². The van der Waals surface area contributed by atoms with E-state index in [1.165, 1.54) is 5.01 Å². The molecule has 2 aromatic rings. The first-order chi connectivity index (χ1) is 9.79. The number of pyridine rings is 1. The van der Waals surface area contributed by atoms with Gasteiger partial charge >= 0.3 is 0 Å². The summed E-state index contributed by atoms with van der Waals surface area (Å²) in [7, 11) is 0. The van der Waals surface area contributed by atoms with Crippen LogP contribution in [0.2, 0.25) is 0 Å². The zero-order valence-electron chi connectivity index (χ0n) is 11.2. The molecule has 0 saturated carbocycles. The molecule has 6 nitrogen and oxygen atoms in total. The maximum absolute atomic E-state index is 12.4. The van der Waals surface area contributed by atoms with Crippen LogP contribution in [0.25, 0.3) is 0 Å². The minimum Gasteiger partial charge on any atom is -0.332 e. The fraction of sp³-hybridized carbons (Fsp3) is 0.286. The molecule has 3 rings (SSSR count). The van der Waals surface area contributed by atoms with Crippen molar-refractivity contribution in [1.29, 1.82) is 0 Å². The maximum Gasteiger partial charge on any atom is 0.257 e. The van der Waals surface area contributed by atoms with Gasteiger partial charge in [0, 0.05) is 18.6 Å². The Bertz CT molecular complexity index is 620. The number of hydrazone groups is 1. The van der Waals surface area contributed by atoms with Crippen LogP contribution in [0.4, 0.5) is 5.82 Å². The van der Waals surface area contributed by atoms with Gasteiger partial charge in [0.2, 0.25) is 0 Å². The number of carbonyl (C=O) groups is 1. The smallest absolute Gasteiger partial charge is 0.257 e. The second-order valence-corrected chi connectivity index (χ2v) is 4.63. The van der Waals surface area contributed by atoms with Crippen LogP contribution in [0.5, 0.6) is 0 Å². The van der Waals surface area contributed by atoms with Crippen molar-refractivity contribution >= 4 is 17.4 Å². The van der Waals surface area contributed by atoms with Crippen molar-refractivity contribution in [2.75, 3.05) is 5.01 Å². The highest BCUT2D eigenvalue weighted by Crippen LogP contribution is 2.24. The lowest BCUT2D eigenvalue weighted by Gasteiger charge is -2.11. The number of aromatic nitrogens is 3. The molecule has 0 fully saturated rings. The highest BCUT2D eigenvalue weighted by Gasteiger charge is 2.35. The lowest BCUT2D eigenvalue weighted by molar-refractivity contribution is -0.119. The monoisotopic (exact) mass is 269 g/mol. The molecule has 1 atom stereocenters. The Morgan fingerprint density at radius 2 is 2.20 bits per heavy atom. The molecule has 1 aliphatic rings. The summed E-state index contributed by atoms with van der Waals surface area (Å²) in [5.74, 6) is 0.373. The van der Waals surface area contributed by atoms with Crippen molar-refractivity contribution in [1.82, 2.24) is 14.5 Å². The van der Waals surface area contributed by atoms with Gasteiger partial charge in [0.1, 0.15) is 0 Å². The third-order valence-corrected chi connectivity index (χ3v) is 3.32. The number of nitrogens with zero attached hydrogens (tertiary/aromatic N) is 5. The molecule has 0 aromatic carbocycles. The number of hydrogen-bond acceptors (Lipinski definition) is 4. The molecule has 1 unspecified atom stereocenters. The molecule has 0 aliphatic carbocycles. The number of amides is 1. The third-order valence-electron chi connectivity index (χ3n) is 3.32. The van der Waals surface area contributed by atoms with Crippen molar-refractivity contribution in [3.05, 3.63) is 43.1 Å². The zero-order valence-corrected chi connectivity index (χ0v) is 11.2. The summed E-state index contributed by atoms with van der Waals surface area (Å²) in [6.45, 7) is 2.57. The predicted octanol–water partition coefficient (Wildman–Crippen LogP) is 1.71. The Labute approximate surface area is 116 Å². The van der Waals surface area contributed by atoms with Gasteiger partial charge in [0.15, 0.2) is 5.82 Å². The third kappa shape index (κ3) is 2.20. The number of rotatable bonds is 4. The van der Waals surface area contributed by atoms with E-state index in [1.807, 2.05) is 29.8 Å². The summed E-state index contributed by atoms with van der Waals surface area (Å²) >= 11 is 0. The van der Waals surface area contributed by atoms with E-state index in [1.54, 1.807) is 24.8 Å². The van der Waals surface area contributed by atoms with Crippen molar-refractivity contribution in [2.24, 2.45) is 11.0 Å². The van der Waals surface area contributed by atoms with E-state index in [4.69, 9.17) is 0 Å². The van der Waals surface area contributed by atoms with Gasteiger partial charge in [-0.25, -0.2) is 9.97 Å². The van der Waals surface area contributed by atoms with Gasteiger partial charge in [-0.2, -0.15) is 10.1 Å². The molecule has 102 valence electrons. The summed E-state index contributed by atoms with van der Waals surface area (Å²) < 4.78 is 1.91. The summed E-state index contributed by atoms with van der Waals surface area (Å²) in [5, 5.41) is 5.86. The molecular formula is C14H15N5O. The quantitative estimate of drug-likeness (QED) is 0.848. The van der Waals surface area contributed by atoms with Crippen LogP contribution in [-0.4, -0.2) is 26.2 Å². The fourth-order valence-corrected chi connectivity index (χ4v) is 2.30. The van der Waals surface area contributed by atoms with Gasteiger partial charge in [0.25, 0.3) is 5.91 Å². The average Bonchev–Trinajstić information content (AvgIpc) is 3.08. The van der Waals surface area contributed by atoms with Crippen LogP contribution in [0.15, 0.2) is 48.2 Å². The molecule has 0 N–H and O–H groups in total. The number of carbonyl (C=O) groups excluding carboxylic acids is 1. The van der Waals surface area contributed by atoms with Crippen LogP contribution >= 0.6 is 0 Å². The molecule has 0 saturated heterocycles. The molecule has 1 amide bonds. The van der Waals surface area contributed by atoms with Gasteiger partial charge in [-0.15, -0.1) is 0 Å². The second-order valence-electron chi connectivity index (χ2n) is 4.63. The van der Waals surface area contributed by atoms with E-state index in [-0.39, 0.29) is 11.8 Å². The van der Waals surface area contributed by atoms with E-state index >= 15 is 0 Å². The highest BCUT2D eigenvalue weighted by molar-refractivity contribution is 6.15. The Morgan fingerprint density at radius 1 is 1.30 bits per heavy atom. The van der Waals surface area contributed by atoms with E-state index in [0.717, 1.165) is 12.1 Å². The van der Waals surface area contributed by atoms with Crippen molar-refractivity contribution in [3.8, 4) is 0 Å². The largest absolute Gasteiger partial charge is 0.332 e. The number of imidazole rings is 1. The van der Waals surface area contributed by atoms with E-state index in [0.29, 0.717) is 12.4 Å². The van der Waals surface area contributed by atoms with E-state index in [9.17, 15) is 4.79 Å². The second kappa shape index (κ2) is 5.24. The predicted molar refractivity (Wildman–Crippen MR) is 75.2 cm³/mol. The van der Waals surface area contributed by atoms with E-state index < -0.39 is 0 Å². The zero-order chi connectivity index (χ0) is 13.9. The van der Waals surface area contributed by atoms with Crippen LogP contribution in [0, 0.1) is 5.92 Å². The molecule has 2 aromatic heterocycles. The maximum atomic E-state index is 12.4. The van der Waals surface area contributed by atoms with Crippen LogP contribution < -0.4 is 5.01 Å². The lowest BCUT2D eigenvalue weighted by Crippen LogP contribution is -2.28. The standard InChI is InChI=1S/C14H15N5O/c1-2-11-12(9-18-8-7-15-10-18)17-19(14(11)20)13-5-3-4-6-16-13/h3-8,10-11H,2,9H2,1H3. The minimum atomic E-state index is -0.181. The topological polar surface area (TPSA) is 63.4 Å². The molecule has 0 bridgehead atoms. The Kier molecular flexibility index (Phi) is 3.28. The van der Waals surface area contributed by atoms with Gasteiger partial charge in [-0.1, -0.05) is 13.0 Å². The minimum absolute atomic E-state index is 0.0127. The Balaban J connectivity index is 1.89. The number of anilines is 1. The summed E-state index contributed by atoms with van der Waals surface area (Å²) in [4.78, 5) is 20.6. The summed E-state index contributed by atoms with van der Waals surface area (Å²) in [6, 6.07) is 5.45. The molecule has 20 heavy (non-hydrogen) atoms. The summed E-state index contributed by atoms with van der Waals surface area (Å²) in [5.41, 5.74) is 0.848. The van der Waals surface area contributed by atoms with Gasteiger partial charge in [-0.3, -0.25) is 4.79 Å². The van der Waals surface area contributed by atoms with Crippen molar-refractivity contribution in [2.45, 2.75) is 19.9 Å². The SMILES string of the molecule is CCC1C(=O)N(c2ccccn2)N=C1Cn1ccnc1. The molecular weight excluding hydrogens is 254 g/mol. The summed E-state index contributed by atoms with van der Waals surface area (Å²) in [6.07, 6.45) is 7.70. The molecule has 0 radical (unpaired) electrons. The highest BCUT2D eigenvalue weighted by atomic mass is 16.2. The first-order valence-electron chi connectivity index (χ1n) is 6.57. The molecule has 3 heterocycles. The van der Waals surface area contributed by atoms with Crippen molar-refractivity contribution < 1.29 is 4.79 Å². The first-order valence-corrected chi connectivity index (χ1v) is 6.57. The Hall–Kier alpha value is -2.50. The van der Waals surface area contributed by atoms with Crippen LogP contribution in [-0.2, 0) is 11.3 Å². The normalized spacial score (nSPS) is 18.4. The van der Waals surface area contributed by atoms with Gasteiger partial charge < -0.3 is 4.57 Å². The first kappa shape index (κ1) is 12.5.